The minimum Gasteiger partial charge on any atom is -0.493 e. The first-order valence-electron chi connectivity index (χ1n) is 9.25. The predicted octanol–water partition coefficient (Wildman–Crippen LogP) is 3.82. The number of ether oxygens (including phenoxy) is 1. The molecule has 2 aromatic rings. The molecule has 0 saturated heterocycles. The lowest BCUT2D eigenvalue weighted by molar-refractivity contribution is -0.126. The van der Waals surface area contributed by atoms with Crippen LogP contribution < -0.4 is 15.5 Å². The quantitative estimate of drug-likeness (QED) is 0.414. The van der Waals surface area contributed by atoms with Crippen LogP contribution in [0.2, 0.25) is 0 Å². The standard InChI is InChI=1S/C22H27N3O3/c1-15(2)14-28-20-9-6-18(7-10-20)13-23-25-22(27)12-21(26)24-19-8-5-16(3)17(4)11-19/h5-11,13,15H,12,14H2,1-4H3,(H,24,26)(H,25,27). The number of anilines is 1. The van der Waals surface area contributed by atoms with Gasteiger partial charge < -0.3 is 10.1 Å². The van der Waals surface area contributed by atoms with Crippen molar-refractivity contribution in [2.75, 3.05) is 11.9 Å². The summed E-state index contributed by atoms with van der Waals surface area (Å²) >= 11 is 0. The number of nitrogens with one attached hydrogen (secondary N) is 2. The molecule has 2 amide bonds. The Morgan fingerprint density at radius 2 is 1.75 bits per heavy atom. The third-order valence-corrected chi connectivity index (χ3v) is 3.98. The Balaban J connectivity index is 1.77. The summed E-state index contributed by atoms with van der Waals surface area (Å²) < 4.78 is 5.61. The number of amides is 2. The first kappa shape index (κ1) is 21.2. The van der Waals surface area contributed by atoms with E-state index in [0.29, 0.717) is 18.2 Å². The molecular weight excluding hydrogens is 354 g/mol. The second kappa shape index (κ2) is 10.3. The van der Waals surface area contributed by atoms with Crippen LogP contribution in [0.1, 0.15) is 37.0 Å². The highest BCUT2D eigenvalue weighted by Gasteiger charge is 2.09. The number of hydrogen-bond donors (Lipinski definition) is 2. The van der Waals surface area contributed by atoms with E-state index in [0.717, 1.165) is 22.4 Å². The number of nitrogens with zero attached hydrogens (tertiary/aromatic N) is 1. The summed E-state index contributed by atoms with van der Waals surface area (Å²) in [6.45, 7) is 8.80. The molecule has 0 aliphatic carbocycles. The first-order chi connectivity index (χ1) is 13.3. The molecule has 6 nitrogen and oxygen atoms in total. The van der Waals surface area contributed by atoms with Gasteiger partial charge in [0.1, 0.15) is 12.2 Å². The van der Waals surface area contributed by atoms with E-state index in [4.69, 9.17) is 4.74 Å². The predicted molar refractivity (Wildman–Crippen MR) is 112 cm³/mol. The summed E-state index contributed by atoms with van der Waals surface area (Å²) in [6.07, 6.45) is 1.22. The molecule has 0 spiro atoms. The van der Waals surface area contributed by atoms with Crippen LogP contribution in [-0.4, -0.2) is 24.6 Å². The van der Waals surface area contributed by atoms with Crippen molar-refractivity contribution in [1.29, 1.82) is 0 Å². The van der Waals surface area contributed by atoms with Gasteiger partial charge in [0.2, 0.25) is 11.8 Å². The minimum atomic E-state index is -0.477. The van der Waals surface area contributed by atoms with Crippen molar-refractivity contribution in [2.24, 2.45) is 11.0 Å². The molecule has 0 bridgehead atoms. The summed E-state index contributed by atoms with van der Waals surface area (Å²) in [5.74, 6) is 0.388. The zero-order chi connectivity index (χ0) is 20.5. The normalized spacial score (nSPS) is 10.9. The number of aryl methyl sites for hydroxylation is 2. The summed E-state index contributed by atoms with van der Waals surface area (Å²) in [7, 11) is 0. The number of carbonyl (C=O) groups is 2. The van der Waals surface area contributed by atoms with Crippen LogP contribution in [0.15, 0.2) is 47.6 Å². The maximum Gasteiger partial charge on any atom is 0.249 e. The highest BCUT2D eigenvalue weighted by Crippen LogP contribution is 2.14. The van der Waals surface area contributed by atoms with Crippen LogP contribution in [0.3, 0.4) is 0 Å². The fourth-order valence-corrected chi connectivity index (χ4v) is 2.30. The summed E-state index contributed by atoms with van der Waals surface area (Å²) in [5.41, 5.74) is 6.07. The average Bonchev–Trinajstić information content (AvgIpc) is 2.64. The lowest BCUT2D eigenvalue weighted by Gasteiger charge is -2.08. The van der Waals surface area contributed by atoms with Crippen molar-refractivity contribution in [3.05, 3.63) is 59.2 Å². The third-order valence-electron chi connectivity index (χ3n) is 3.98. The fraction of sp³-hybridized carbons (Fsp3) is 0.318. The van der Waals surface area contributed by atoms with E-state index in [1.165, 1.54) is 6.21 Å². The zero-order valence-electron chi connectivity index (χ0n) is 16.8. The van der Waals surface area contributed by atoms with Gasteiger partial charge in [-0.1, -0.05) is 19.9 Å². The SMILES string of the molecule is Cc1ccc(NC(=O)CC(=O)NN=Cc2ccc(OCC(C)C)cc2)cc1C. The fourth-order valence-electron chi connectivity index (χ4n) is 2.30. The van der Waals surface area contributed by atoms with E-state index in [2.05, 4.69) is 29.7 Å². The van der Waals surface area contributed by atoms with Crippen LogP contribution in [-0.2, 0) is 9.59 Å². The van der Waals surface area contributed by atoms with Crippen LogP contribution >= 0.6 is 0 Å². The van der Waals surface area contributed by atoms with Gasteiger partial charge >= 0.3 is 0 Å². The monoisotopic (exact) mass is 381 g/mol. The Morgan fingerprint density at radius 3 is 2.39 bits per heavy atom. The van der Waals surface area contributed by atoms with Crippen molar-refractivity contribution in [3.8, 4) is 5.75 Å². The molecule has 0 aromatic heterocycles. The second-order valence-electron chi connectivity index (χ2n) is 7.09. The zero-order valence-corrected chi connectivity index (χ0v) is 16.8. The van der Waals surface area contributed by atoms with Gasteiger partial charge in [-0.2, -0.15) is 5.10 Å². The van der Waals surface area contributed by atoms with Gasteiger partial charge in [0.15, 0.2) is 0 Å². The van der Waals surface area contributed by atoms with Gasteiger partial charge in [0, 0.05) is 5.69 Å². The van der Waals surface area contributed by atoms with E-state index in [1.54, 1.807) is 0 Å². The van der Waals surface area contributed by atoms with Crippen molar-refractivity contribution < 1.29 is 14.3 Å². The van der Waals surface area contributed by atoms with E-state index < -0.39 is 5.91 Å². The second-order valence-corrected chi connectivity index (χ2v) is 7.09. The van der Waals surface area contributed by atoms with Gasteiger partial charge in [0.25, 0.3) is 0 Å². The van der Waals surface area contributed by atoms with Crippen LogP contribution in [0.4, 0.5) is 5.69 Å². The van der Waals surface area contributed by atoms with Crippen LogP contribution in [0, 0.1) is 19.8 Å². The average molecular weight is 381 g/mol. The van der Waals surface area contributed by atoms with Crippen LogP contribution in [0.5, 0.6) is 5.75 Å². The molecule has 148 valence electrons. The van der Waals surface area contributed by atoms with Crippen molar-refractivity contribution in [1.82, 2.24) is 5.43 Å². The summed E-state index contributed by atoms with van der Waals surface area (Å²) in [6, 6.07) is 13.0. The molecule has 0 aliphatic rings. The highest BCUT2D eigenvalue weighted by atomic mass is 16.5. The number of hydrogen-bond acceptors (Lipinski definition) is 4. The molecule has 2 N–H and O–H groups in total. The largest absolute Gasteiger partial charge is 0.493 e. The molecule has 6 heteroatoms. The molecule has 0 aliphatic heterocycles. The molecular formula is C22H27N3O3. The first-order valence-corrected chi connectivity index (χ1v) is 9.25. The van der Waals surface area contributed by atoms with Crippen LogP contribution in [0.25, 0.3) is 0 Å². The smallest absolute Gasteiger partial charge is 0.249 e. The molecule has 0 unspecified atom stereocenters. The molecule has 0 heterocycles. The van der Waals surface area contributed by atoms with E-state index in [-0.39, 0.29) is 12.3 Å². The molecule has 0 atom stereocenters. The van der Waals surface area contributed by atoms with Crippen molar-refractivity contribution in [3.63, 3.8) is 0 Å². The maximum atomic E-state index is 12.0. The molecule has 0 fully saturated rings. The summed E-state index contributed by atoms with van der Waals surface area (Å²) in [5, 5.41) is 6.60. The topological polar surface area (TPSA) is 79.8 Å². The Labute approximate surface area is 166 Å². The Morgan fingerprint density at radius 1 is 1.04 bits per heavy atom. The van der Waals surface area contributed by atoms with Crippen molar-refractivity contribution in [2.45, 2.75) is 34.1 Å². The number of carbonyl (C=O) groups excluding carboxylic acids is 2. The highest BCUT2D eigenvalue weighted by molar-refractivity contribution is 6.03. The number of rotatable bonds is 8. The number of hydrazone groups is 1. The molecule has 0 saturated carbocycles. The third kappa shape index (κ3) is 7.23. The van der Waals surface area contributed by atoms with E-state index >= 15 is 0 Å². The van der Waals surface area contributed by atoms with E-state index in [9.17, 15) is 9.59 Å². The Kier molecular flexibility index (Phi) is 7.75. The van der Waals surface area contributed by atoms with Gasteiger partial charge in [-0.25, -0.2) is 5.43 Å². The van der Waals surface area contributed by atoms with E-state index in [1.807, 2.05) is 56.3 Å². The summed E-state index contributed by atoms with van der Waals surface area (Å²) in [4.78, 5) is 23.8. The van der Waals surface area contributed by atoms with Gasteiger partial charge in [-0.3, -0.25) is 9.59 Å². The van der Waals surface area contributed by atoms with Gasteiger partial charge in [0.05, 0.1) is 12.8 Å². The molecule has 2 aromatic carbocycles. The van der Waals surface area contributed by atoms with Gasteiger partial charge in [-0.05, 0) is 72.9 Å². The molecule has 28 heavy (non-hydrogen) atoms. The lowest BCUT2D eigenvalue weighted by atomic mass is 10.1. The minimum absolute atomic E-state index is 0.299. The number of benzene rings is 2. The lowest BCUT2D eigenvalue weighted by Crippen LogP contribution is -2.24. The maximum absolute atomic E-state index is 12.0. The Hall–Kier alpha value is -3.15. The van der Waals surface area contributed by atoms with Gasteiger partial charge in [-0.15, -0.1) is 0 Å². The Bertz CT molecular complexity index is 843. The molecule has 2 rings (SSSR count). The van der Waals surface area contributed by atoms with Crippen molar-refractivity contribution >= 4 is 23.7 Å². The molecule has 0 radical (unpaired) electrons.